The van der Waals surface area contributed by atoms with Crippen LogP contribution < -0.4 is 5.32 Å². The zero-order chi connectivity index (χ0) is 19.5. The van der Waals surface area contributed by atoms with E-state index in [1.807, 2.05) is 53.3 Å². The highest BCUT2D eigenvalue weighted by Crippen LogP contribution is 2.38. The van der Waals surface area contributed by atoms with Crippen molar-refractivity contribution < 1.29 is 4.79 Å². The fourth-order valence-electron chi connectivity index (χ4n) is 3.56. The molecular formula is C21H24N4OS2. The molecule has 4 rings (SSSR count). The van der Waals surface area contributed by atoms with E-state index >= 15 is 0 Å². The Morgan fingerprint density at radius 3 is 2.93 bits per heavy atom. The van der Waals surface area contributed by atoms with Gasteiger partial charge in [0.1, 0.15) is 0 Å². The van der Waals surface area contributed by atoms with Crippen LogP contribution in [-0.2, 0) is 24.7 Å². The molecular weight excluding hydrogens is 388 g/mol. The van der Waals surface area contributed by atoms with Crippen molar-refractivity contribution in [3.05, 3.63) is 46.8 Å². The lowest BCUT2D eigenvalue weighted by atomic mass is 9.87. The number of nitrogens with one attached hydrogen (secondary N) is 1. The molecule has 0 bridgehead atoms. The Morgan fingerprint density at radius 2 is 2.14 bits per heavy atom. The number of aryl methyl sites for hydroxylation is 1. The Balaban J connectivity index is 1.42. The average Bonchev–Trinajstić information content (AvgIpc) is 3.29. The molecule has 0 fully saturated rings. The van der Waals surface area contributed by atoms with Crippen LogP contribution in [0.4, 0.5) is 5.69 Å². The highest BCUT2D eigenvalue weighted by atomic mass is 32.2. The first kappa shape index (κ1) is 19.2. The topological polar surface area (TPSA) is 59.8 Å². The summed E-state index contributed by atoms with van der Waals surface area (Å²) < 4.78 is 2.00. The number of hydrogen-bond donors (Lipinski definition) is 1. The molecule has 2 aromatic heterocycles. The number of fused-ring (bicyclic) bond motifs is 1. The lowest BCUT2D eigenvalue weighted by molar-refractivity contribution is -0.113. The van der Waals surface area contributed by atoms with E-state index in [4.69, 9.17) is 0 Å². The lowest BCUT2D eigenvalue weighted by Gasteiger charge is -2.19. The van der Waals surface area contributed by atoms with Crippen LogP contribution in [0.2, 0.25) is 0 Å². The van der Waals surface area contributed by atoms with Crippen molar-refractivity contribution >= 4 is 34.7 Å². The second kappa shape index (κ2) is 8.49. The molecule has 5 nitrogen and oxygen atoms in total. The van der Waals surface area contributed by atoms with Crippen molar-refractivity contribution in [2.75, 3.05) is 11.1 Å². The fourth-order valence-corrected chi connectivity index (χ4v) is 5.50. The highest BCUT2D eigenvalue weighted by Gasteiger charge is 2.22. The third kappa shape index (κ3) is 4.15. The minimum absolute atomic E-state index is 0.0436. The zero-order valence-electron chi connectivity index (χ0n) is 16.1. The van der Waals surface area contributed by atoms with E-state index in [2.05, 4.69) is 28.5 Å². The maximum atomic E-state index is 12.2. The van der Waals surface area contributed by atoms with Gasteiger partial charge in [0, 0.05) is 17.6 Å². The number of para-hydroxylation sites is 1. The molecule has 1 aliphatic carbocycles. The number of carbonyl (C=O) groups is 1. The maximum Gasteiger partial charge on any atom is 0.234 e. The van der Waals surface area contributed by atoms with Crippen molar-refractivity contribution in [2.24, 2.45) is 13.0 Å². The van der Waals surface area contributed by atoms with Crippen molar-refractivity contribution in [2.45, 2.75) is 37.8 Å². The Bertz CT molecular complexity index is 964. The summed E-state index contributed by atoms with van der Waals surface area (Å²) in [6, 6.07) is 11.8. The van der Waals surface area contributed by atoms with E-state index in [0.717, 1.165) is 22.6 Å². The second-order valence-electron chi connectivity index (χ2n) is 7.14. The van der Waals surface area contributed by atoms with E-state index in [9.17, 15) is 4.79 Å². The van der Waals surface area contributed by atoms with E-state index in [1.54, 1.807) is 0 Å². The minimum atomic E-state index is -0.0436. The molecule has 0 spiro atoms. The quantitative estimate of drug-likeness (QED) is 0.592. The monoisotopic (exact) mass is 412 g/mol. The first-order valence-electron chi connectivity index (χ1n) is 9.63. The smallest absolute Gasteiger partial charge is 0.234 e. The third-order valence-electron chi connectivity index (χ3n) is 5.21. The molecule has 0 saturated carbocycles. The van der Waals surface area contributed by atoms with Gasteiger partial charge in [0.05, 0.1) is 10.6 Å². The number of benzene rings is 1. The standard InChI is InChI=1S/C21H24N4OS2/c1-3-14-9-10-17-15(11-14)12-18(28-17)20-23-24-21(25(20)2)27-13-19(26)22-16-7-5-4-6-8-16/h4-8,12,14H,3,9-11,13H2,1-2H3,(H,22,26)/t14-/m1/s1. The zero-order valence-corrected chi connectivity index (χ0v) is 17.8. The number of anilines is 1. The molecule has 1 aliphatic rings. The molecule has 146 valence electrons. The average molecular weight is 413 g/mol. The lowest BCUT2D eigenvalue weighted by Crippen LogP contribution is -2.14. The van der Waals surface area contributed by atoms with E-state index in [0.29, 0.717) is 5.75 Å². The van der Waals surface area contributed by atoms with Gasteiger partial charge in [-0.15, -0.1) is 21.5 Å². The Kier molecular flexibility index (Phi) is 5.82. The molecule has 0 aliphatic heterocycles. The summed E-state index contributed by atoms with van der Waals surface area (Å²) >= 11 is 3.25. The number of carbonyl (C=O) groups excluding carboxylic acids is 1. The van der Waals surface area contributed by atoms with Crippen LogP contribution in [0.5, 0.6) is 0 Å². The first-order chi connectivity index (χ1) is 13.6. The number of rotatable bonds is 6. The number of amides is 1. The molecule has 1 N–H and O–H groups in total. The van der Waals surface area contributed by atoms with Crippen molar-refractivity contribution in [3.63, 3.8) is 0 Å². The van der Waals surface area contributed by atoms with E-state index in [1.165, 1.54) is 52.8 Å². The highest BCUT2D eigenvalue weighted by molar-refractivity contribution is 7.99. The second-order valence-corrected chi connectivity index (χ2v) is 9.22. The fraction of sp³-hybridized carbons (Fsp3) is 0.381. The Morgan fingerprint density at radius 1 is 1.32 bits per heavy atom. The largest absolute Gasteiger partial charge is 0.325 e. The van der Waals surface area contributed by atoms with Gasteiger partial charge in [-0.3, -0.25) is 4.79 Å². The van der Waals surface area contributed by atoms with Gasteiger partial charge in [0.25, 0.3) is 0 Å². The molecule has 0 saturated heterocycles. The number of aromatic nitrogens is 3. The molecule has 1 atom stereocenters. The van der Waals surface area contributed by atoms with Gasteiger partial charge >= 0.3 is 0 Å². The van der Waals surface area contributed by atoms with Crippen LogP contribution in [0, 0.1) is 5.92 Å². The van der Waals surface area contributed by atoms with Crippen LogP contribution in [0.15, 0.2) is 41.6 Å². The van der Waals surface area contributed by atoms with Crippen molar-refractivity contribution in [3.8, 4) is 10.7 Å². The Hall–Kier alpha value is -2.12. The summed E-state index contributed by atoms with van der Waals surface area (Å²) in [5.74, 6) is 1.96. The molecule has 28 heavy (non-hydrogen) atoms. The normalized spacial score (nSPS) is 16.0. The number of hydrogen-bond acceptors (Lipinski definition) is 5. The van der Waals surface area contributed by atoms with Crippen molar-refractivity contribution in [1.82, 2.24) is 14.8 Å². The SMILES string of the molecule is CC[C@@H]1CCc2sc(-c3nnc(SCC(=O)Nc4ccccc4)n3C)cc2C1. The molecule has 2 heterocycles. The number of thiophene rings is 1. The van der Waals surface area contributed by atoms with Gasteiger partial charge in [0.15, 0.2) is 11.0 Å². The van der Waals surface area contributed by atoms with Gasteiger partial charge in [-0.1, -0.05) is 43.3 Å². The first-order valence-corrected chi connectivity index (χ1v) is 11.4. The summed E-state index contributed by atoms with van der Waals surface area (Å²) in [4.78, 5) is 14.9. The van der Waals surface area contributed by atoms with Gasteiger partial charge < -0.3 is 9.88 Å². The molecule has 3 aromatic rings. The van der Waals surface area contributed by atoms with Crippen LogP contribution in [0.25, 0.3) is 10.7 Å². The van der Waals surface area contributed by atoms with Crippen LogP contribution in [0.1, 0.15) is 30.2 Å². The van der Waals surface area contributed by atoms with Gasteiger partial charge in [-0.05, 0) is 48.9 Å². The maximum absolute atomic E-state index is 12.2. The molecule has 0 unspecified atom stereocenters. The molecule has 0 radical (unpaired) electrons. The van der Waals surface area contributed by atoms with Crippen LogP contribution in [-0.4, -0.2) is 26.4 Å². The van der Waals surface area contributed by atoms with Crippen LogP contribution in [0.3, 0.4) is 0 Å². The summed E-state index contributed by atoms with van der Waals surface area (Å²) in [6.07, 6.45) is 4.90. The summed E-state index contributed by atoms with van der Waals surface area (Å²) in [5, 5.41) is 12.4. The van der Waals surface area contributed by atoms with Crippen molar-refractivity contribution in [1.29, 1.82) is 0 Å². The molecule has 7 heteroatoms. The van der Waals surface area contributed by atoms with Crippen LogP contribution >= 0.6 is 23.1 Å². The summed E-state index contributed by atoms with van der Waals surface area (Å²) in [5.41, 5.74) is 2.29. The predicted molar refractivity (Wildman–Crippen MR) is 116 cm³/mol. The summed E-state index contributed by atoms with van der Waals surface area (Å²) in [7, 11) is 1.97. The third-order valence-corrected chi connectivity index (χ3v) is 7.46. The van der Waals surface area contributed by atoms with Gasteiger partial charge in [-0.25, -0.2) is 0 Å². The number of nitrogens with zero attached hydrogens (tertiary/aromatic N) is 3. The Labute approximate surface area is 173 Å². The molecule has 1 aromatic carbocycles. The summed E-state index contributed by atoms with van der Waals surface area (Å²) in [6.45, 7) is 2.28. The van der Waals surface area contributed by atoms with E-state index < -0.39 is 0 Å². The van der Waals surface area contributed by atoms with E-state index in [-0.39, 0.29) is 5.91 Å². The number of thioether (sulfide) groups is 1. The molecule has 1 amide bonds. The van der Waals surface area contributed by atoms with Gasteiger partial charge in [-0.2, -0.15) is 0 Å². The minimum Gasteiger partial charge on any atom is -0.325 e. The van der Waals surface area contributed by atoms with Gasteiger partial charge in [0.2, 0.25) is 5.91 Å². The predicted octanol–water partition coefficient (Wildman–Crippen LogP) is 4.79.